The molecule has 0 radical (unpaired) electrons. The predicted octanol–water partition coefficient (Wildman–Crippen LogP) is 2.49. The quantitative estimate of drug-likeness (QED) is 0.504. The lowest BCUT2D eigenvalue weighted by molar-refractivity contribution is 0.982. The van der Waals surface area contributed by atoms with E-state index in [0.717, 1.165) is 11.0 Å². The topological polar surface area (TPSA) is 17.3 Å². The third-order valence-corrected chi connectivity index (χ3v) is 2.23. The molecule has 0 aliphatic rings. The van der Waals surface area contributed by atoms with E-state index in [2.05, 4.69) is 17.2 Å². The molecular formula is C11H8N2. The highest BCUT2D eigenvalue weighted by molar-refractivity contribution is 5.93. The number of benzene rings is 1. The highest BCUT2D eigenvalue weighted by Gasteiger charge is 2.00. The second-order valence-electron chi connectivity index (χ2n) is 3.05. The zero-order valence-electron chi connectivity index (χ0n) is 7.01. The van der Waals surface area contributed by atoms with Gasteiger partial charge in [0.15, 0.2) is 0 Å². The van der Waals surface area contributed by atoms with Crippen molar-refractivity contribution in [3.05, 3.63) is 48.7 Å². The molecule has 0 aliphatic heterocycles. The zero-order valence-corrected chi connectivity index (χ0v) is 7.01. The van der Waals surface area contributed by atoms with Gasteiger partial charge in [-0.15, -0.1) is 0 Å². The number of pyridine rings is 1. The Bertz CT molecular complexity index is 516. The van der Waals surface area contributed by atoms with Gasteiger partial charge in [-0.25, -0.2) is 4.52 Å². The minimum atomic E-state index is 1.05. The highest BCUT2D eigenvalue weighted by Crippen LogP contribution is 2.17. The van der Waals surface area contributed by atoms with E-state index in [9.17, 15) is 0 Å². The van der Waals surface area contributed by atoms with E-state index in [1.165, 1.54) is 5.39 Å². The van der Waals surface area contributed by atoms with Crippen LogP contribution in [0.4, 0.5) is 0 Å². The van der Waals surface area contributed by atoms with Gasteiger partial charge < -0.3 is 0 Å². The van der Waals surface area contributed by atoms with Gasteiger partial charge in [-0.1, -0.05) is 24.3 Å². The first-order valence-corrected chi connectivity index (χ1v) is 4.27. The monoisotopic (exact) mass is 168 g/mol. The van der Waals surface area contributed by atoms with Crippen LogP contribution >= 0.6 is 0 Å². The largest absolute Gasteiger partial charge is 0.240 e. The molecule has 0 spiro atoms. The normalized spacial score (nSPS) is 11.1. The minimum absolute atomic E-state index is 1.05. The van der Waals surface area contributed by atoms with Gasteiger partial charge in [0, 0.05) is 11.6 Å². The Labute approximate surface area is 75.4 Å². The average molecular weight is 168 g/mol. The molecule has 2 heteroatoms. The Hall–Kier alpha value is -1.83. The summed E-state index contributed by atoms with van der Waals surface area (Å²) in [7, 11) is 0. The lowest BCUT2D eigenvalue weighted by atomic mass is 10.2. The molecule has 2 nitrogen and oxygen atoms in total. The third kappa shape index (κ3) is 0.855. The fourth-order valence-corrected chi connectivity index (χ4v) is 1.63. The van der Waals surface area contributed by atoms with Crippen molar-refractivity contribution in [1.82, 2.24) is 9.61 Å². The van der Waals surface area contributed by atoms with Gasteiger partial charge in [0.1, 0.15) is 0 Å². The molecule has 0 amide bonds. The van der Waals surface area contributed by atoms with Gasteiger partial charge in [-0.3, -0.25) is 0 Å². The van der Waals surface area contributed by atoms with Crippen molar-refractivity contribution < 1.29 is 0 Å². The second kappa shape index (κ2) is 2.33. The van der Waals surface area contributed by atoms with Crippen LogP contribution in [0.15, 0.2) is 48.7 Å². The Morgan fingerprint density at radius 2 is 1.77 bits per heavy atom. The van der Waals surface area contributed by atoms with E-state index in [4.69, 9.17) is 0 Å². The average Bonchev–Trinajstić information content (AvgIpc) is 2.56. The molecule has 1 aromatic carbocycles. The van der Waals surface area contributed by atoms with E-state index < -0.39 is 0 Å². The van der Waals surface area contributed by atoms with Gasteiger partial charge in [0.05, 0.1) is 11.0 Å². The molecule has 0 fully saturated rings. The Morgan fingerprint density at radius 1 is 0.923 bits per heavy atom. The number of aromatic nitrogens is 2. The first kappa shape index (κ1) is 6.66. The lowest BCUT2D eigenvalue weighted by Gasteiger charge is -1.88. The maximum Gasteiger partial charge on any atom is 0.0933 e. The molecule has 0 bridgehead atoms. The molecular weight excluding hydrogens is 160 g/mol. The first-order chi connectivity index (χ1) is 6.45. The van der Waals surface area contributed by atoms with Gasteiger partial charge in [0.2, 0.25) is 0 Å². The Morgan fingerprint density at radius 3 is 2.77 bits per heavy atom. The summed E-state index contributed by atoms with van der Waals surface area (Å²) in [6, 6.07) is 14.3. The molecule has 3 rings (SSSR count). The van der Waals surface area contributed by atoms with Crippen molar-refractivity contribution >= 4 is 16.4 Å². The van der Waals surface area contributed by atoms with Crippen molar-refractivity contribution in [3.63, 3.8) is 0 Å². The van der Waals surface area contributed by atoms with Gasteiger partial charge >= 0.3 is 0 Å². The number of rotatable bonds is 0. The van der Waals surface area contributed by atoms with E-state index in [1.807, 2.05) is 41.0 Å². The van der Waals surface area contributed by atoms with Crippen LogP contribution in [0.5, 0.6) is 0 Å². The van der Waals surface area contributed by atoms with Gasteiger partial charge in [-0.2, -0.15) is 5.10 Å². The summed E-state index contributed by atoms with van der Waals surface area (Å²) in [5.41, 5.74) is 2.21. The number of hydrogen-bond acceptors (Lipinski definition) is 1. The minimum Gasteiger partial charge on any atom is -0.240 e. The molecule has 0 unspecified atom stereocenters. The molecule has 62 valence electrons. The molecule has 0 aliphatic carbocycles. The molecule has 3 aromatic rings. The summed E-state index contributed by atoms with van der Waals surface area (Å²) in [5, 5.41) is 5.64. The van der Waals surface area contributed by atoms with Crippen molar-refractivity contribution in [2.45, 2.75) is 0 Å². The van der Waals surface area contributed by atoms with E-state index >= 15 is 0 Å². The number of fused-ring (bicyclic) bond motifs is 3. The van der Waals surface area contributed by atoms with Crippen LogP contribution in [-0.2, 0) is 0 Å². The molecule has 2 heterocycles. The molecule has 0 atom stereocenters. The molecule has 0 saturated heterocycles. The van der Waals surface area contributed by atoms with Crippen molar-refractivity contribution in [1.29, 1.82) is 0 Å². The van der Waals surface area contributed by atoms with Crippen LogP contribution < -0.4 is 0 Å². The summed E-state index contributed by atoms with van der Waals surface area (Å²) in [6.07, 6.45) is 1.97. The summed E-state index contributed by atoms with van der Waals surface area (Å²) in [6.45, 7) is 0. The fraction of sp³-hybridized carbons (Fsp3) is 0. The molecule has 2 aromatic heterocycles. The summed E-state index contributed by atoms with van der Waals surface area (Å²) < 4.78 is 1.91. The van der Waals surface area contributed by atoms with E-state index in [0.29, 0.717) is 0 Å². The standard InChI is InChI=1S/C11H8N2/c1-2-6-10-9(5-1)11-7-3-4-8-13(11)12-10/h1-8H. The van der Waals surface area contributed by atoms with Crippen molar-refractivity contribution in [2.75, 3.05) is 0 Å². The van der Waals surface area contributed by atoms with Gasteiger partial charge in [-0.05, 0) is 18.2 Å². The zero-order chi connectivity index (χ0) is 8.67. The maximum absolute atomic E-state index is 4.43. The number of nitrogens with zero attached hydrogens (tertiary/aromatic N) is 2. The van der Waals surface area contributed by atoms with Crippen molar-refractivity contribution in [2.24, 2.45) is 0 Å². The molecule has 0 N–H and O–H groups in total. The molecule has 0 saturated carbocycles. The third-order valence-electron chi connectivity index (χ3n) is 2.23. The summed E-state index contributed by atoms with van der Waals surface area (Å²) >= 11 is 0. The smallest absolute Gasteiger partial charge is 0.0933 e. The van der Waals surface area contributed by atoms with E-state index in [-0.39, 0.29) is 0 Å². The van der Waals surface area contributed by atoms with Crippen LogP contribution in [0.2, 0.25) is 0 Å². The van der Waals surface area contributed by atoms with Crippen molar-refractivity contribution in [3.8, 4) is 0 Å². The van der Waals surface area contributed by atoms with Crippen LogP contribution in [0.1, 0.15) is 0 Å². The van der Waals surface area contributed by atoms with Gasteiger partial charge in [0.25, 0.3) is 0 Å². The Balaban J connectivity index is 2.64. The van der Waals surface area contributed by atoms with Crippen LogP contribution in [-0.4, -0.2) is 9.61 Å². The second-order valence-corrected chi connectivity index (χ2v) is 3.05. The highest BCUT2D eigenvalue weighted by atomic mass is 15.2. The maximum atomic E-state index is 4.43. The molecule has 13 heavy (non-hydrogen) atoms. The van der Waals surface area contributed by atoms with Crippen LogP contribution in [0, 0.1) is 0 Å². The lowest BCUT2D eigenvalue weighted by Crippen LogP contribution is -1.82. The Kier molecular flexibility index (Phi) is 1.19. The summed E-state index contributed by atoms with van der Waals surface area (Å²) in [4.78, 5) is 0. The first-order valence-electron chi connectivity index (χ1n) is 4.27. The summed E-state index contributed by atoms with van der Waals surface area (Å²) in [5.74, 6) is 0. The SMILES string of the molecule is c1ccc2c(c1)nn1ccccc21. The van der Waals surface area contributed by atoms with Crippen LogP contribution in [0.3, 0.4) is 0 Å². The van der Waals surface area contributed by atoms with E-state index in [1.54, 1.807) is 0 Å². The number of hydrogen-bond donors (Lipinski definition) is 0. The fourth-order valence-electron chi connectivity index (χ4n) is 1.63. The van der Waals surface area contributed by atoms with Crippen LogP contribution in [0.25, 0.3) is 16.4 Å². The predicted molar refractivity (Wildman–Crippen MR) is 52.7 cm³/mol.